The summed E-state index contributed by atoms with van der Waals surface area (Å²) in [5, 5.41) is 0. The van der Waals surface area contributed by atoms with Crippen LogP contribution in [0.4, 0.5) is 0 Å². The highest BCUT2D eigenvalue weighted by molar-refractivity contribution is 5.85. The predicted molar refractivity (Wildman–Crippen MR) is 56.3 cm³/mol. The molecule has 0 spiro atoms. The first-order valence-electron chi connectivity index (χ1n) is 4.62. The fourth-order valence-corrected chi connectivity index (χ4v) is 1.02. The summed E-state index contributed by atoms with van der Waals surface area (Å²) in [6.07, 6.45) is 0.509. The van der Waals surface area contributed by atoms with Gasteiger partial charge in [-0.15, -0.1) is 12.4 Å². The van der Waals surface area contributed by atoms with Crippen LogP contribution < -0.4 is 0 Å². The summed E-state index contributed by atoms with van der Waals surface area (Å²) in [5.74, 6) is -0.0931. The summed E-state index contributed by atoms with van der Waals surface area (Å²) in [6, 6.07) is 0. The van der Waals surface area contributed by atoms with Crippen LogP contribution in [0.1, 0.15) is 27.2 Å². The van der Waals surface area contributed by atoms with Gasteiger partial charge in [-0.3, -0.25) is 4.79 Å². The van der Waals surface area contributed by atoms with Crippen LogP contribution in [-0.2, 0) is 9.53 Å². The van der Waals surface area contributed by atoms with Crippen molar-refractivity contribution in [2.24, 2.45) is 0 Å². The summed E-state index contributed by atoms with van der Waals surface area (Å²) in [4.78, 5) is 13.1. The maximum Gasteiger partial charge on any atom is 0.307 e. The van der Waals surface area contributed by atoms with E-state index in [0.29, 0.717) is 13.0 Å². The smallest absolute Gasteiger partial charge is 0.307 e. The minimum atomic E-state index is -0.0931. The highest BCUT2D eigenvalue weighted by Crippen LogP contribution is 1.92. The van der Waals surface area contributed by atoms with E-state index in [4.69, 9.17) is 4.74 Å². The van der Waals surface area contributed by atoms with Crippen molar-refractivity contribution in [3.05, 3.63) is 0 Å². The number of nitrogens with zero attached hydrogens (tertiary/aromatic N) is 1. The minimum Gasteiger partial charge on any atom is -0.466 e. The summed E-state index contributed by atoms with van der Waals surface area (Å²) < 4.78 is 4.82. The lowest BCUT2D eigenvalue weighted by atomic mass is 10.4. The Kier molecular flexibility index (Phi) is 11.5. The van der Waals surface area contributed by atoms with Gasteiger partial charge in [-0.05, 0) is 20.0 Å². The molecule has 13 heavy (non-hydrogen) atoms. The molecule has 0 aromatic rings. The van der Waals surface area contributed by atoms with Crippen molar-refractivity contribution in [2.75, 3.05) is 26.2 Å². The number of carbonyl (C=O) groups is 1. The molecule has 80 valence electrons. The highest BCUT2D eigenvalue weighted by atomic mass is 35.5. The molecule has 0 aliphatic rings. The SMILES string of the molecule is CCOC(=O)CCN(CC)CC.Cl. The summed E-state index contributed by atoms with van der Waals surface area (Å²) >= 11 is 0. The van der Waals surface area contributed by atoms with Crippen molar-refractivity contribution in [1.82, 2.24) is 4.90 Å². The first-order chi connectivity index (χ1) is 5.74. The Bertz CT molecular complexity index is 127. The quantitative estimate of drug-likeness (QED) is 0.624. The fourth-order valence-electron chi connectivity index (χ4n) is 1.02. The Morgan fingerprint density at radius 1 is 1.23 bits per heavy atom. The van der Waals surface area contributed by atoms with E-state index in [0.717, 1.165) is 19.6 Å². The average Bonchev–Trinajstić information content (AvgIpc) is 2.07. The van der Waals surface area contributed by atoms with Gasteiger partial charge in [0.25, 0.3) is 0 Å². The van der Waals surface area contributed by atoms with Crippen LogP contribution in [-0.4, -0.2) is 37.1 Å². The van der Waals surface area contributed by atoms with E-state index in [-0.39, 0.29) is 18.4 Å². The molecule has 0 N–H and O–H groups in total. The van der Waals surface area contributed by atoms with Crippen LogP contribution in [0.3, 0.4) is 0 Å². The molecule has 0 atom stereocenters. The van der Waals surface area contributed by atoms with Gasteiger partial charge in [0.2, 0.25) is 0 Å². The van der Waals surface area contributed by atoms with Gasteiger partial charge < -0.3 is 9.64 Å². The molecule has 0 saturated heterocycles. The fraction of sp³-hybridized carbons (Fsp3) is 0.889. The topological polar surface area (TPSA) is 29.5 Å². The zero-order valence-corrected chi connectivity index (χ0v) is 9.52. The molecule has 0 aliphatic heterocycles. The summed E-state index contributed by atoms with van der Waals surface area (Å²) in [5.41, 5.74) is 0. The molecule has 0 fully saturated rings. The standard InChI is InChI=1S/C9H19NO2.ClH/c1-4-10(5-2)8-7-9(11)12-6-3;/h4-8H2,1-3H3;1H. The largest absolute Gasteiger partial charge is 0.466 e. The van der Waals surface area contributed by atoms with Crippen molar-refractivity contribution < 1.29 is 9.53 Å². The Morgan fingerprint density at radius 3 is 2.15 bits per heavy atom. The second kappa shape index (κ2) is 9.81. The molecule has 0 amide bonds. The van der Waals surface area contributed by atoms with Crippen LogP contribution in [0.5, 0.6) is 0 Å². The lowest BCUT2D eigenvalue weighted by Crippen LogP contribution is -2.26. The molecule has 0 unspecified atom stereocenters. The van der Waals surface area contributed by atoms with Gasteiger partial charge in [0.1, 0.15) is 0 Å². The first kappa shape index (κ1) is 15.2. The van der Waals surface area contributed by atoms with E-state index in [1.54, 1.807) is 0 Å². The first-order valence-corrected chi connectivity index (χ1v) is 4.62. The van der Waals surface area contributed by atoms with E-state index < -0.39 is 0 Å². The molecule has 0 heterocycles. The Hall–Kier alpha value is -0.280. The van der Waals surface area contributed by atoms with Crippen LogP contribution in [0.25, 0.3) is 0 Å². The normalized spacial score (nSPS) is 9.54. The monoisotopic (exact) mass is 209 g/mol. The van der Waals surface area contributed by atoms with Gasteiger partial charge in [0.05, 0.1) is 13.0 Å². The second-order valence-corrected chi connectivity index (χ2v) is 2.58. The molecule has 0 radical (unpaired) electrons. The molecule has 3 nitrogen and oxygen atoms in total. The number of hydrogen-bond donors (Lipinski definition) is 0. The van der Waals surface area contributed by atoms with Crippen molar-refractivity contribution in [1.29, 1.82) is 0 Å². The zero-order valence-electron chi connectivity index (χ0n) is 8.71. The van der Waals surface area contributed by atoms with Gasteiger partial charge in [0.15, 0.2) is 0 Å². The third-order valence-electron chi connectivity index (χ3n) is 1.83. The molecular formula is C9H20ClNO2. The Balaban J connectivity index is 0. The number of halogens is 1. The molecule has 0 aliphatic carbocycles. The minimum absolute atomic E-state index is 0. The summed E-state index contributed by atoms with van der Waals surface area (Å²) in [7, 11) is 0. The van der Waals surface area contributed by atoms with E-state index in [2.05, 4.69) is 18.7 Å². The average molecular weight is 210 g/mol. The Morgan fingerprint density at radius 2 is 1.77 bits per heavy atom. The number of ether oxygens (including phenoxy) is 1. The third kappa shape index (κ3) is 8.06. The number of carbonyl (C=O) groups excluding carboxylic acids is 1. The third-order valence-corrected chi connectivity index (χ3v) is 1.83. The van der Waals surface area contributed by atoms with Gasteiger partial charge in [0, 0.05) is 6.54 Å². The maximum absolute atomic E-state index is 10.9. The van der Waals surface area contributed by atoms with E-state index in [1.807, 2.05) is 6.92 Å². The van der Waals surface area contributed by atoms with E-state index in [1.165, 1.54) is 0 Å². The van der Waals surface area contributed by atoms with Crippen LogP contribution in [0.2, 0.25) is 0 Å². The van der Waals surface area contributed by atoms with E-state index >= 15 is 0 Å². The lowest BCUT2D eigenvalue weighted by Gasteiger charge is -2.16. The Labute approximate surface area is 86.8 Å². The maximum atomic E-state index is 10.9. The molecule has 0 aromatic heterocycles. The van der Waals surface area contributed by atoms with E-state index in [9.17, 15) is 4.79 Å². The van der Waals surface area contributed by atoms with Crippen molar-refractivity contribution >= 4 is 18.4 Å². The number of rotatable bonds is 6. The number of esters is 1. The molecule has 0 saturated carbocycles. The van der Waals surface area contributed by atoms with Crippen LogP contribution in [0, 0.1) is 0 Å². The lowest BCUT2D eigenvalue weighted by molar-refractivity contribution is -0.143. The summed E-state index contributed by atoms with van der Waals surface area (Å²) in [6.45, 7) is 9.30. The van der Waals surface area contributed by atoms with Gasteiger partial charge in [-0.1, -0.05) is 13.8 Å². The van der Waals surface area contributed by atoms with Crippen molar-refractivity contribution in [2.45, 2.75) is 27.2 Å². The van der Waals surface area contributed by atoms with Crippen molar-refractivity contribution in [3.8, 4) is 0 Å². The van der Waals surface area contributed by atoms with Gasteiger partial charge in [-0.2, -0.15) is 0 Å². The van der Waals surface area contributed by atoms with Gasteiger partial charge >= 0.3 is 5.97 Å². The zero-order chi connectivity index (χ0) is 9.40. The van der Waals surface area contributed by atoms with Crippen LogP contribution in [0.15, 0.2) is 0 Å². The molecule has 4 heteroatoms. The molecule has 0 rings (SSSR count). The molecule has 0 aromatic carbocycles. The van der Waals surface area contributed by atoms with Gasteiger partial charge in [-0.25, -0.2) is 0 Å². The molecular weight excluding hydrogens is 190 g/mol. The van der Waals surface area contributed by atoms with Crippen molar-refractivity contribution in [3.63, 3.8) is 0 Å². The van der Waals surface area contributed by atoms with Crippen LogP contribution >= 0.6 is 12.4 Å². The number of hydrogen-bond acceptors (Lipinski definition) is 3. The highest BCUT2D eigenvalue weighted by Gasteiger charge is 2.04. The molecule has 0 bridgehead atoms. The second-order valence-electron chi connectivity index (χ2n) is 2.58. The predicted octanol–water partition coefficient (Wildman–Crippen LogP) is 1.70.